The third kappa shape index (κ3) is 3.69. The minimum Gasteiger partial charge on any atom is -0.484 e. The molecule has 3 heterocycles. The molecule has 0 radical (unpaired) electrons. The molecule has 0 bridgehead atoms. The predicted molar refractivity (Wildman–Crippen MR) is 84.7 cm³/mol. The lowest BCUT2D eigenvalue weighted by Gasteiger charge is -2.07. The molecule has 2 aliphatic heterocycles. The van der Waals surface area contributed by atoms with Gasteiger partial charge in [-0.3, -0.25) is 4.79 Å². The molecule has 1 N–H and O–H groups in total. The van der Waals surface area contributed by atoms with E-state index in [9.17, 15) is 4.79 Å². The lowest BCUT2D eigenvalue weighted by molar-refractivity contribution is 0.0940. The molecule has 1 aromatic carbocycles. The predicted octanol–water partition coefficient (Wildman–Crippen LogP) is 1.75. The van der Waals surface area contributed by atoms with Gasteiger partial charge in [-0.05, 0) is 18.6 Å². The van der Waals surface area contributed by atoms with Gasteiger partial charge in [-0.25, -0.2) is 4.98 Å². The number of aromatic nitrogens is 1. The van der Waals surface area contributed by atoms with E-state index in [1.54, 1.807) is 18.2 Å². The molecule has 1 atom stereocenters. The van der Waals surface area contributed by atoms with E-state index in [1.807, 2.05) is 0 Å². The Bertz CT molecular complexity index is 753. The Labute approximate surface area is 144 Å². The lowest BCUT2D eigenvalue weighted by Crippen LogP contribution is -2.29. The number of nitrogens with zero attached hydrogens (tertiary/aromatic N) is 1. The highest BCUT2D eigenvalue weighted by Gasteiger charge is 2.19. The van der Waals surface area contributed by atoms with Crippen molar-refractivity contribution >= 4 is 5.91 Å². The Morgan fingerprint density at radius 2 is 2.24 bits per heavy atom. The molecule has 8 heteroatoms. The van der Waals surface area contributed by atoms with Gasteiger partial charge in [0.05, 0.1) is 6.61 Å². The number of carbonyl (C=O) groups excluding carboxylic acids is 1. The van der Waals surface area contributed by atoms with Crippen molar-refractivity contribution < 1.29 is 28.2 Å². The van der Waals surface area contributed by atoms with Gasteiger partial charge in [0.25, 0.3) is 5.91 Å². The van der Waals surface area contributed by atoms with E-state index in [0.29, 0.717) is 42.2 Å². The van der Waals surface area contributed by atoms with Crippen LogP contribution < -0.4 is 19.5 Å². The second-order valence-electron chi connectivity index (χ2n) is 5.87. The highest BCUT2D eigenvalue weighted by Crippen LogP contribution is 2.35. The third-order valence-corrected chi connectivity index (χ3v) is 4.07. The number of nitrogens with one attached hydrogen (secondary N) is 1. The quantitative estimate of drug-likeness (QED) is 0.852. The van der Waals surface area contributed by atoms with Gasteiger partial charge in [0.1, 0.15) is 12.0 Å². The van der Waals surface area contributed by atoms with Crippen LogP contribution in [0, 0.1) is 5.92 Å². The van der Waals surface area contributed by atoms with Crippen molar-refractivity contribution in [3.05, 3.63) is 36.0 Å². The van der Waals surface area contributed by atoms with Crippen molar-refractivity contribution in [2.24, 2.45) is 5.92 Å². The molecule has 2 aliphatic rings. The van der Waals surface area contributed by atoms with E-state index in [0.717, 1.165) is 13.0 Å². The van der Waals surface area contributed by atoms with Gasteiger partial charge >= 0.3 is 0 Å². The van der Waals surface area contributed by atoms with Crippen LogP contribution in [0.4, 0.5) is 0 Å². The molecular formula is C17H18N2O6. The molecule has 0 unspecified atom stereocenters. The van der Waals surface area contributed by atoms with Crippen LogP contribution in [0.5, 0.6) is 17.2 Å². The molecule has 25 heavy (non-hydrogen) atoms. The minimum atomic E-state index is -0.259. The molecule has 2 aromatic rings. The maximum atomic E-state index is 12.1. The van der Waals surface area contributed by atoms with E-state index >= 15 is 0 Å². The van der Waals surface area contributed by atoms with Crippen molar-refractivity contribution in [1.82, 2.24) is 10.3 Å². The molecule has 0 aliphatic carbocycles. The van der Waals surface area contributed by atoms with Gasteiger partial charge in [0.15, 0.2) is 23.8 Å². The monoisotopic (exact) mass is 346 g/mol. The number of hydrogen-bond donors (Lipinski definition) is 1. The zero-order chi connectivity index (χ0) is 17.1. The molecular weight excluding hydrogens is 328 g/mol. The highest BCUT2D eigenvalue weighted by molar-refractivity contribution is 5.91. The first-order valence-electron chi connectivity index (χ1n) is 8.11. The first-order chi connectivity index (χ1) is 12.3. The molecule has 1 amide bonds. The maximum absolute atomic E-state index is 12.1. The van der Waals surface area contributed by atoms with Crippen molar-refractivity contribution in [2.75, 3.05) is 26.6 Å². The van der Waals surface area contributed by atoms with Crippen molar-refractivity contribution in [3.8, 4) is 17.2 Å². The highest BCUT2D eigenvalue weighted by atomic mass is 16.7. The smallest absolute Gasteiger partial charge is 0.273 e. The van der Waals surface area contributed by atoms with Crippen LogP contribution in [0.15, 0.2) is 28.9 Å². The van der Waals surface area contributed by atoms with Crippen LogP contribution in [0.2, 0.25) is 0 Å². The standard InChI is InChI=1S/C17H18N2O6/c20-17(18-6-11-3-4-21-7-11)13-8-23-16(19-13)9-22-12-1-2-14-15(5-12)25-10-24-14/h1-2,5,8,11H,3-4,6-7,9-10H2,(H,18,20)/t11-/m1/s1. The molecule has 0 spiro atoms. The van der Waals surface area contributed by atoms with Gasteiger partial charge in [-0.2, -0.15) is 0 Å². The Morgan fingerprint density at radius 3 is 3.12 bits per heavy atom. The first kappa shape index (κ1) is 15.8. The number of ether oxygens (including phenoxy) is 4. The van der Waals surface area contributed by atoms with Crippen LogP contribution in [-0.2, 0) is 11.3 Å². The number of hydrogen-bond acceptors (Lipinski definition) is 7. The molecule has 1 aromatic heterocycles. The van der Waals surface area contributed by atoms with Crippen LogP contribution in [0.1, 0.15) is 22.8 Å². The SMILES string of the molecule is O=C(NC[C@H]1CCOC1)c1coc(COc2ccc3c(c2)OCO3)n1. The van der Waals surface area contributed by atoms with E-state index in [1.165, 1.54) is 6.26 Å². The average Bonchev–Trinajstić information content (AvgIpc) is 3.39. The summed E-state index contributed by atoms with van der Waals surface area (Å²) in [4.78, 5) is 16.2. The summed E-state index contributed by atoms with van der Waals surface area (Å²) in [6.07, 6.45) is 2.30. The Morgan fingerprint density at radius 1 is 1.32 bits per heavy atom. The summed E-state index contributed by atoms with van der Waals surface area (Å²) in [5.74, 6) is 2.37. The van der Waals surface area contributed by atoms with Crippen LogP contribution >= 0.6 is 0 Å². The Balaban J connectivity index is 1.29. The number of amides is 1. The van der Waals surface area contributed by atoms with Crippen molar-refractivity contribution in [3.63, 3.8) is 0 Å². The maximum Gasteiger partial charge on any atom is 0.273 e. The average molecular weight is 346 g/mol. The summed E-state index contributed by atoms with van der Waals surface area (Å²) in [6, 6.07) is 5.29. The van der Waals surface area contributed by atoms with E-state index in [2.05, 4.69) is 10.3 Å². The Kier molecular flexibility index (Phi) is 4.43. The van der Waals surface area contributed by atoms with Crippen LogP contribution in [0.3, 0.4) is 0 Å². The number of carbonyl (C=O) groups is 1. The van der Waals surface area contributed by atoms with Gasteiger partial charge in [-0.15, -0.1) is 0 Å². The molecule has 132 valence electrons. The summed E-state index contributed by atoms with van der Waals surface area (Å²) in [5, 5.41) is 2.84. The minimum absolute atomic E-state index is 0.114. The molecule has 1 fully saturated rings. The fourth-order valence-corrected chi connectivity index (χ4v) is 2.67. The fraction of sp³-hybridized carbons (Fsp3) is 0.412. The van der Waals surface area contributed by atoms with Gasteiger partial charge in [0.2, 0.25) is 12.7 Å². The summed E-state index contributed by atoms with van der Waals surface area (Å²) < 4.78 is 26.7. The van der Waals surface area contributed by atoms with E-state index in [4.69, 9.17) is 23.4 Å². The second-order valence-corrected chi connectivity index (χ2v) is 5.87. The number of benzene rings is 1. The van der Waals surface area contributed by atoms with Crippen LogP contribution in [-0.4, -0.2) is 37.4 Å². The van der Waals surface area contributed by atoms with E-state index < -0.39 is 0 Å². The summed E-state index contributed by atoms with van der Waals surface area (Å²) in [7, 11) is 0. The number of fused-ring (bicyclic) bond motifs is 1. The molecule has 1 saturated heterocycles. The second kappa shape index (κ2) is 7.02. The van der Waals surface area contributed by atoms with Crippen LogP contribution in [0.25, 0.3) is 0 Å². The first-order valence-corrected chi connectivity index (χ1v) is 8.11. The topological polar surface area (TPSA) is 92.1 Å². The number of oxazole rings is 1. The summed E-state index contributed by atoms with van der Waals surface area (Å²) in [6.45, 7) is 2.35. The molecule has 0 saturated carbocycles. The van der Waals surface area contributed by atoms with Gasteiger partial charge in [0, 0.05) is 25.1 Å². The number of rotatable bonds is 6. The van der Waals surface area contributed by atoms with Crippen molar-refractivity contribution in [2.45, 2.75) is 13.0 Å². The fourth-order valence-electron chi connectivity index (χ4n) is 2.67. The van der Waals surface area contributed by atoms with Gasteiger partial charge < -0.3 is 28.7 Å². The zero-order valence-electron chi connectivity index (χ0n) is 13.5. The molecule has 4 rings (SSSR count). The molecule has 8 nitrogen and oxygen atoms in total. The summed E-state index contributed by atoms with van der Waals surface area (Å²) >= 11 is 0. The largest absolute Gasteiger partial charge is 0.484 e. The summed E-state index contributed by atoms with van der Waals surface area (Å²) in [5.41, 5.74) is 0.239. The van der Waals surface area contributed by atoms with E-state index in [-0.39, 0.29) is 25.0 Å². The van der Waals surface area contributed by atoms with Gasteiger partial charge in [-0.1, -0.05) is 0 Å². The zero-order valence-corrected chi connectivity index (χ0v) is 13.5. The lowest BCUT2D eigenvalue weighted by atomic mass is 10.1. The van der Waals surface area contributed by atoms with Crippen molar-refractivity contribution in [1.29, 1.82) is 0 Å². The normalized spacial score (nSPS) is 18.3. The third-order valence-electron chi connectivity index (χ3n) is 4.07. The Hall–Kier alpha value is -2.74.